The summed E-state index contributed by atoms with van der Waals surface area (Å²) in [6.07, 6.45) is 0.532. The molecule has 21 heavy (non-hydrogen) atoms. The van der Waals surface area contributed by atoms with E-state index in [1.807, 2.05) is 4.57 Å². The fourth-order valence-corrected chi connectivity index (χ4v) is 3.43. The minimum absolute atomic E-state index is 0. The Bertz CT molecular complexity index is 744. The zero-order chi connectivity index (χ0) is 14.4. The van der Waals surface area contributed by atoms with Crippen LogP contribution in [0.5, 0.6) is 0 Å². The van der Waals surface area contributed by atoms with Crippen molar-refractivity contribution in [2.24, 2.45) is 5.73 Å². The number of aromatic amines is 1. The normalized spacial score (nSPS) is 16.7. The summed E-state index contributed by atoms with van der Waals surface area (Å²) in [6.45, 7) is 0.803. The number of fused-ring (bicyclic) bond motifs is 1. The molecule has 0 saturated carbocycles. The van der Waals surface area contributed by atoms with Crippen molar-refractivity contribution in [1.29, 1.82) is 0 Å². The van der Waals surface area contributed by atoms with Gasteiger partial charge >= 0.3 is 0 Å². The molecule has 1 aromatic heterocycles. The molecule has 3 rings (SSSR count). The van der Waals surface area contributed by atoms with Gasteiger partial charge in [0.15, 0.2) is 4.77 Å². The van der Waals surface area contributed by atoms with Crippen molar-refractivity contribution >= 4 is 40.6 Å². The summed E-state index contributed by atoms with van der Waals surface area (Å²) >= 11 is 8.32. The lowest BCUT2D eigenvalue weighted by Crippen LogP contribution is -2.08. The van der Waals surface area contributed by atoms with Crippen LogP contribution >= 0.6 is 40.6 Å². The van der Waals surface area contributed by atoms with Crippen LogP contribution in [0.15, 0.2) is 16.6 Å². The molecule has 0 saturated heterocycles. The number of halogens is 4. The molecule has 0 amide bonds. The van der Waals surface area contributed by atoms with Crippen LogP contribution < -0.4 is 5.73 Å². The minimum Gasteiger partial charge on any atom is -0.333 e. The lowest BCUT2D eigenvalue weighted by Gasteiger charge is -2.13. The van der Waals surface area contributed by atoms with E-state index in [0.717, 1.165) is 11.4 Å². The van der Waals surface area contributed by atoms with E-state index in [0.29, 0.717) is 24.3 Å². The predicted molar refractivity (Wildman–Crippen MR) is 85.3 cm³/mol. The number of nitrogens with zero attached hydrogens (tertiary/aromatic N) is 1. The van der Waals surface area contributed by atoms with E-state index >= 15 is 0 Å². The van der Waals surface area contributed by atoms with Gasteiger partial charge in [-0.1, -0.05) is 0 Å². The van der Waals surface area contributed by atoms with Gasteiger partial charge in [0.1, 0.15) is 11.6 Å². The average molecular weight is 397 g/mol. The number of rotatable bonds is 2. The molecule has 1 atom stereocenters. The second-order valence-electron chi connectivity index (χ2n) is 4.83. The Kier molecular flexibility index (Phi) is 4.87. The van der Waals surface area contributed by atoms with Gasteiger partial charge in [0.05, 0.1) is 10.2 Å². The summed E-state index contributed by atoms with van der Waals surface area (Å²) in [6, 6.07) is 2.65. The molecular weight excluding hydrogens is 384 g/mol. The monoisotopic (exact) mass is 395 g/mol. The van der Waals surface area contributed by atoms with Crippen LogP contribution in [-0.2, 0) is 19.5 Å². The number of hydrogen-bond donors (Lipinski definition) is 2. The lowest BCUT2D eigenvalue weighted by molar-refractivity contribution is 0.509. The number of H-pyrrole nitrogens is 1. The van der Waals surface area contributed by atoms with Crippen LogP contribution in [0.25, 0.3) is 0 Å². The van der Waals surface area contributed by atoms with E-state index in [2.05, 4.69) is 20.9 Å². The van der Waals surface area contributed by atoms with Gasteiger partial charge in [0.25, 0.3) is 0 Å². The summed E-state index contributed by atoms with van der Waals surface area (Å²) < 4.78 is 30.8. The third kappa shape index (κ3) is 2.67. The van der Waals surface area contributed by atoms with Crippen molar-refractivity contribution in [2.45, 2.75) is 25.4 Å². The van der Waals surface area contributed by atoms with E-state index in [-0.39, 0.29) is 28.4 Å². The van der Waals surface area contributed by atoms with Gasteiger partial charge in [-0.2, -0.15) is 0 Å². The molecule has 1 aliphatic heterocycles. The zero-order valence-corrected chi connectivity index (χ0v) is 14.0. The Labute approximate surface area is 140 Å². The molecular formula is C13H13BrClF2N3S. The van der Waals surface area contributed by atoms with Crippen LogP contribution in [0.2, 0.25) is 0 Å². The van der Waals surface area contributed by atoms with Crippen molar-refractivity contribution in [3.05, 3.63) is 50.0 Å². The SMILES string of the molecule is Cl.NCc1[nH]c(=S)n2c1C[C@@H](c1c(F)ccc(Br)c1F)C2. The maximum atomic E-state index is 14.2. The van der Waals surface area contributed by atoms with E-state index < -0.39 is 11.6 Å². The number of benzene rings is 1. The molecule has 114 valence electrons. The molecule has 3 nitrogen and oxygen atoms in total. The van der Waals surface area contributed by atoms with Crippen LogP contribution in [0.1, 0.15) is 22.9 Å². The first-order chi connectivity index (χ1) is 9.52. The Morgan fingerprint density at radius 2 is 2.14 bits per heavy atom. The Hall–Kier alpha value is -0.760. The van der Waals surface area contributed by atoms with Gasteiger partial charge in [-0.05, 0) is 46.7 Å². The summed E-state index contributed by atoms with van der Waals surface area (Å²) in [4.78, 5) is 3.03. The smallest absolute Gasteiger partial charge is 0.177 e. The Balaban J connectivity index is 0.00000161. The fourth-order valence-electron chi connectivity index (χ4n) is 2.78. The predicted octanol–water partition coefficient (Wildman–Crippen LogP) is 3.81. The number of nitrogens with two attached hydrogens (primary N) is 1. The van der Waals surface area contributed by atoms with Crippen LogP contribution in [0.4, 0.5) is 8.78 Å². The maximum absolute atomic E-state index is 14.2. The van der Waals surface area contributed by atoms with Gasteiger partial charge in [0, 0.05) is 30.3 Å². The maximum Gasteiger partial charge on any atom is 0.177 e. The van der Waals surface area contributed by atoms with Gasteiger partial charge in [-0.15, -0.1) is 12.4 Å². The largest absolute Gasteiger partial charge is 0.333 e. The lowest BCUT2D eigenvalue weighted by atomic mass is 9.95. The summed E-state index contributed by atoms with van der Waals surface area (Å²) in [5, 5.41) is 0. The topological polar surface area (TPSA) is 46.7 Å². The van der Waals surface area contributed by atoms with Gasteiger partial charge in [-0.3, -0.25) is 0 Å². The second-order valence-corrected chi connectivity index (χ2v) is 6.07. The molecule has 0 fully saturated rings. The van der Waals surface area contributed by atoms with Gasteiger partial charge in [-0.25, -0.2) is 8.78 Å². The summed E-state index contributed by atoms with van der Waals surface area (Å²) in [5.74, 6) is -1.32. The molecule has 2 aromatic rings. The molecule has 1 aromatic carbocycles. The van der Waals surface area contributed by atoms with E-state index in [1.54, 1.807) is 0 Å². The average Bonchev–Trinajstić information content (AvgIpc) is 2.96. The number of hydrogen-bond acceptors (Lipinski definition) is 2. The molecule has 8 heteroatoms. The van der Waals surface area contributed by atoms with Crippen molar-refractivity contribution in [3.63, 3.8) is 0 Å². The molecule has 0 unspecified atom stereocenters. The van der Waals surface area contributed by atoms with E-state index in [4.69, 9.17) is 18.0 Å². The Morgan fingerprint density at radius 1 is 1.43 bits per heavy atom. The molecule has 2 heterocycles. The molecule has 0 bridgehead atoms. The standard InChI is InChI=1S/C13H12BrF2N3S.ClH/c14-7-1-2-8(15)11(12(7)16)6-3-10-9(4-17)18-13(20)19(10)5-6;/h1-2,6H,3-5,17H2,(H,18,20);1H/t6-;/m1./s1. The first-order valence-electron chi connectivity index (χ1n) is 6.17. The highest BCUT2D eigenvalue weighted by molar-refractivity contribution is 9.10. The van der Waals surface area contributed by atoms with Gasteiger partial charge in [0.2, 0.25) is 0 Å². The van der Waals surface area contributed by atoms with Crippen molar-refractivity contribution in [2.75, 3.05) is 0 Å². The highest BCUT2D eigenvalue weighted by Crippen LogP contribution is 2.36. The van der Waals surface area contributed by atoms with Crippen LogP contribution in [0, 0.1) is 16.4 Å². The minimum atomic E-state index is -0.537. The highest BCUT2D eigenvalue weighted by atomic mass is 79.9. The zero-order valence-electron chi connectivity index (χ0n) is 10.8. The summed E-state index contributed by atoms with van der Waals surface area (Å²) in [5.41, 5.74) is 7.56. The quantitative estimate of drug-likeness (QED) is 0.599. The van der Waals surface area contributed by atoms with Gasteiger partial charge < -0.3 is 15.3 Å². The molecule has 1 aliphatic rings. The number of nitrogens with one attached hydrogen (secondary N) is 1. The Morgan fingerprint density at radius 3 is 2.81 bits per heavy atom. The second kappa shape index (κ2) is 6.16. The van der Waals surface area contributed by atoms with Crippen LogP contribution in [-0.4, -0.2) is 9.55 Å². The van der Waals surface area contributed by atoms with Crippen LogP contribution in [0.3, 0.4) is 0 Å². The fraction of sp³-hybridized carbons (Fsp3) is 0.308. The summed E-state index contributed by atoms with van der Waals surface area (Å²) in [7, 11) is 0. The van der Waals surface area contributed by atoms with E-state index in [1.165, 1.54) is 12.1 Å². The third-order valence-electron chi connectivity index (χ3n) is 3.71. The molecule has 0 spiro atoms. The highest BCUT2D eigenvalue weighted by Gasteiger charge is 2.31. The number of aromatic nitrogens is 2. The molecule has 0 radical (unpaired) electrons. The first-order valence-corrected chi connectivity index (χ1v) is 7.37. The third-order valence-corrected chi connectivity index (χ3v) is 4.65. The molecule has 3 N–H and O–H groups in total. The molecule has 0 aliphatic carbocycles. The van der Waals surface area contributed by atoms with Crippen molar-refractivity contribution < 1.29 is 8.78 Å². The van der Waals surface area contributed by atoms with Crippen molar-refractivity contribution in [1.82, 2.24) is 9.55 Å². The number of imidazole rings is 1. The van der Waals surface area contributed by atoms with Crippen molar-refractivity contribution in [3.8, 4) is 0 Å². The van der Waals surface area contributed by atoms with E-state index in [9.17, 15) is 8.78 Å². The first kappa shape index (κ1) is 16.6.